The number of hydrogen-bond acceptors (Lipinski definition) is 3. The standard InChI is InChI=1S/C12H18N2O3S/c1-5-12(15)13-11-8-10(7-6-9(11)2)18(16,17)14(3)4/h6-8H,5H2,1-4H3,(H,13,15). The molecule has 1 aromatic carbocycles. The number of carbonyl (C=O) groups is 1. The molecule has 18 heavy (non-hydrogen) atoms. The molecule has 0 aliphatic rings. The molecule has 0 aliphatic carbocycles. The number of aryl methyl sites for hydroxylation is 1. The minimum atomic E-state index is -3.48. The highest BCUT2D eigenvalue weighted by molar-refractivity contribution is 7.89. The zero-order valence-electron chi connectivity index (χ0n) is 11.0. The highest BCUT2D eigenvalue weighted by Gasteiger charge is 2.18. The molecule has 0 atom stereocenters. The molecule has 5 nitrogen and oxygen atoms in total. The molecule has 6 heteroatoms. The Morgan fingerprint density at radius 1 is 1.33 bits per heavy atom. The van der Waals surface area contributed by atoms with E-state index in [1.165, 1.54) is 26.2 Å². The van der Waals surface area contributed by atoms with E-state index in [0.29, 0.717) is 12.1 Å². The van der Waals surface area contributed by atoms with Gasteiger partial charge in [0.2, 0.25) is 15.9 Å². The minimum Gasteiger partial charge on any atom is -0.326 e. The summed E-state index contributed by atoms with van der Waals surface area (Å²) in [6, 6.07) is 4.70. The van der Waals surface area contributed by atoms with Crippen LogP contribution in [0.4, 0.5) is 5.69 Å². The van der Waals surface area contributed by atoms with Crippen LogP contribution in [0.5, 0.6) is 0 Å². The van der Waals surface area contributed by atoms with E-state index in [4.69, 9.17) is 0 Å². The van der Waals surface area contributed by atoms with Crippen LogP contribution in [-0.2, 0) is 14.8 Å². The number of anilines is 1. The molecule has 0 heterocycles. The minimum absolute atomic E-state index is 0.141. The highest BCUT2D eigenvalue weighted by Crippen LogP contribution is 2.22. The first-order chi connectivity index (χ1) is 8.28. The van der Waals surface area contributed by atoms with Crippen molar-refractivity contribution in [2.45, 2.75) is 25.2 Å². The predicted octanol–water partition coefficient (Wildman–Crippen LogP) is 1.59. The second-order valence-corrected chi connectivity index (χ2v) is 6.32. The molecular weight excluding hydrogens is 252 g/mol. The number of carbonyl (C=O) groups excluding carboxylic acids is 1. The van der Waals surface area contributed by atoms with Gasteiger partial charge in [-0.15, -0.1) is 0 Å². The molecule has 0 fully saturated rings. The second-order valence-electron chi connectivity index (χ2n) is 4.17. The van der Waals surface area contributed by atoms with Crippen LogP contribution in [0.2, 0.25) is 0 Å². The zero-order valence-corrected chi connectivity index (χ0v) is 11.8. The first-order valence-corrected chi connectivity index (χ1v) is 7.06. The van der Waals surface area contributed by atoms with Crippen LogP contribution >= 0.6 is 0 Å². The predicted molar refractivity (Wildman–Crippen MR) is 71.0 cm³/mol. The second kappa shape index (κ2) is 5.49. The van der Waals surface area contributed by atoms with Crippen LogP contribution in [0, 0.1) is 6.92 Å². The van der Waals surface area contributed by atoms with Crippen molar-refractivity contribution in [1.82, 2.24) is 4.31 Å². The Morgan fingerprint density at radius 3 is 2.44 bits per heavy atom. The fourth-order valence-corrected chi connectivity index (χ4v) is 2.27. The fraction of sp³-hybridized carbons (Fsp3) is 0.417. The lowest BCUT2D eigenvalue weighted by Gasteiger charge is -2.14. The van der Waals surface area contributed by atoms with Crippen LogP contribution in [0.1, 0.15) is 18.9 Å². The van der Waals surface area contributed by atoms with E-state index >= 15 is 0 Å². The van der Waals surface area contributed by atoms with Gasteiger partial charge in [0.15, 0.2) is 0 Å². The number of hydrogen-bond donors (Lipinski definition) is 1. The Morgan fingerprint density at radius 2 is 1.94 bits per heavy atom. The molecule has 0 aliphatic heterocycles. The largest absolute Gasteiger partial charge is 0.326 e. The van der Waals surface area contributed by atoms with E-state index in [1.54, 1.807) is 13.0 Å². The Kier molecular flexibility index (Phi) is 4.48. The van der Waals surface area contributed by atoms with Gasteiger partial charge in [0.05, 0.1) is 4.90 Å². The summed E-state index contributed by atoms with van der Waals surface area (Å²) in [6.45, 7) is 3.56. The summed E-state index contributed by atoms with van der Waals surface area (Å²) in [6.07, 6.45) is 0.351. The van der Waals surface area contributed by atoms with Gasteiger partial charge in [0.25, 0.3) is 0 Å². The molecule has 1 N–H and O–H groups in total. The Hall–Kier alpha value is -1.40. The van der Waals surface area contributed by atoms with E-state index < -0.39 is 10.0 Å². The molecule has 1 amide bonds. The van der Waals surface area contributed by atoms with Gasteiger partial charge in [0.1, 0.15) is 0 Å². The molecule has 0 unspecified atom stereocenters. The van der Waals surface area contributed by atoms with Crippen molar-refractivity contribution in [1.29, 1.82) is 0 Å². The van der Waals surface area contributed by atoms with Gasteiger partial charge in [0, 0.05) is 26.2 Å². The van der Waals surface area contributed by atoms with Gasteiger partial charge in [-0.05, 0) is 24.6 Å². The van der Waals surface area contributed by atoms with Gasteiger partial charge >= 0.3 is 0 Å². The lowest BCUT2D eigenvalue weighted by atomic mass is 10.2. The first kappa shape index (κ1) is 14.7. The van der Waals surface area contributed by atoms with Crippen molar-refractivity contribution >= 4 is 21.6 Å². The number of amides is 1. The molecule has 1 rings (SSSR count). The molecule has 0 radical (unpaired) electrons. The molecule has 0 saturated carbocycles. The van der Waals surface area contributed by atoms with Crippen molar-refractivity contribution in [3.05, 3.63) is 23.8 Å². The van der Waals surface area contributed by atoms with Crippen molar-refractivity contribution in [3.63, 3.8) is 0 Å². The molecule has 0 bridgehead atoms. The zero-order chi connectivity index (χ0) is 13.9. The summed E-state index contributed by atoms with van der Waals surface area (Å²) < 4.78 is 25.1. The normalized spacial score (nSPS) is 11.6. The van der Waals surface area contributed by atoms with Gasteiger partial charge < -0.3 is 5.32 Å². The molecule has 0 spiro atoms. The van der Waals surface area contributed by atoms with Gasteiger partial charge in [-0.2, -0.15) is 0 Å². The summed E-state index contributed by atoms with van der Waals surface area (Å²) in [5.41, 5.74) is 1.36. The van der Waals surface area contributed by atoms with Gasteiger partial charge in [-0.3, -0.25) is 4.79 Å². The van der Waals surface area contributed by atoms with Crippen LogP contribution in [0.15, 0.2) is 23.1 Å². The number of nitrogens with zero attached hydrogens (tertiary/aromatic N) is 1. The maximum Gasteiger partial charge on any atom is 0.242 e. The number of sulfonamides is 1. The number of rotatable bonds is 4. The number of benzene rings is 1. The van der Waals surface area contributed by atoms with E-state index in [9.17, 15) is 13.2 Å². The topological polar surface area (TPSA) is 66.5 Å². The third-order valence-corrected chi connectivity index (χ3v) is 4.39. The quantitative estimate of drug-likeness (QED) is 0.903. The Bertz CT molecular complexity index is 550. The van der Waals surface area contributed by atoms with E-state index in [0.717, 1.165) is 9.87 Å². The van der Waals surface area contributed by atoms with Gasteiger partial charge in [-0.25, -0.2) is 12.7 Å². The summed E-state index contributed by atoms with van der Waals surface area (Å²) in [5.74, 6) is -0.141. The molecule has 100 valence electrons. The third-order valence-electron chi connectivity index (χ3n) is 2.58. The average Bonchev–Trinajstić information content (AvgIpc) is 2.31. The van der Waals surface area contributed by atoms with Crippen LogP contribution in [0.25, 0.3) is 0 Å². The Balaban J connectivity index is 3.20. The third kappa shape index (κ3) is 3.08. The van der Waals surface area contributed by atoms with Crippen molar-refractivity contribution in [2.75, 3.05) is 19.4 Å². The van der Waals surface area contributed by atoms with Crippen LogP contribution < -0.4 is 5.32 Å². The summed E-state index contributed by atoms with van der Waals surface area (Å²) in [7, 11) is -0.533. The lowest BCUT2D eigenvalue weighted by molar-refractivity contribution is -0.115. The van der Waals surface area contributed by atoms with Crippen LogP contribution in [-0.4, -0.2) is 32.7 Å². The average molecular weight is 270 g/mol. The highest BCUT2D eigenvalue weighted by atomic mass is 32.2. The maximum absolute atomic E-state index is 12.0. The first-order valence-electron chi connectivity index (χ1n) is 5.62. The van der Waals surface area contributed by atoms with Gasteiger partial charge in [-0.1, -0.05) is 13.0 Å². The van der Waals surface area contributed by atoms with Crippen molar-refractivity contribution in [2.24, 2.45) is 0 Å². The van der Waals surface area contributed by atoms with E-state index in [2.05, 4.69) is 5.32 Å². The van der Waals surface area contributed by atoms with E-state index in [1.807, 2.05) is 6.92 Å². The SMILES string of the molecule is CCC(=O)Nc1cc(S(=O)(=O)N(C)C)ccc1C. The van der Waals surface area contributed by atoms with Crippen molar-refractivity contribution < 1.29 is 13.2 Å². The van der Waals surface area contributed by atoms with E-state index in [-0.39, 0.29) is 10.8 Å². The van der Waals surface area contributed by atoms with Crippen molar-refractivity contribution in [3.8, 4) is 0 Å². The maximum atomic E-state index is 12.0. The monoisotopic (exact) mass is 270 g/mol. The summed E-state index contributed by atoms with van der Waals surface area (Å²) in [5, 5.41) is 2.69. The molecule has 0 aromatic heterocycles. The smallest absolute Gasteiger partial charge is 0.242 e. The molecule has 1 aromatic rings. The fourth-order valence-electron chi connectivity index (χ4n) is 1.35. The summed E-state index contributed by atoms with van der Waals surface area (Å²) >= 11 is 0. The molecular formula is C12H18N2O3S. The number of nitrogens with one attached hydrogen (secondary N) is 1. The Labute approximate surface area is 108 Å². The lowest BCUT2D eigenvalue weighted by Crippen LogP contribution is -2.22. The summed E-state index contributed by atoms with van der Waals surface area (Å²) in [4.78, 5) is 11.5. The molecule has 0 saturated heterocycles. The van der Waals surface area contributed by atoms with Crippen LogP contribution in [0.3, 0.4) is 0 Å².